The monoisotopic (exact) mass is 335 g/mol. The van der Waals surface area contributed by atoms with Crippen LogP contribution in [-0.2, 0) is 26.4 Å². The molecule has 0 bridgehead atoms. The molecule has 0 aliphatic rings. The quantitative estimate of drug-likeness (QED) is 0.805. The average molecular weight is 335 g/mol. The molecule has 2 aromatic carbocycles. The molecule has 0 saturated heterocycles. The van der Waals surface area contributed by atoms with Gasteiger partial charge in [-0.3, -0.25) is 0 Å². The Kier molecular flexibility index (Phi) is 4.65. The zero-order chi connectivity index (χ0) is 16.5. The van der Waals surface area contributed by atoms with Gasteiger partial charge in [0, 0.05) is 0 Å². The first-order valence-corrected chi connectivity index (χ1v) is 8.23. The topological polar surface area (TPSA) is 20.2 Å². The summed E-state index contributed by atoms with van der Waals surface area (Å²) in [5, 5.41) is 10.7. The minimum atomic E-state index is -0.267. The van der Waals surface area contributed by atoms with Gasteiger partial charge in [-0.25, -0.2) is 0 Å². The van der Waals surface area contributed by atoms with Gasteiger partial charge in [0.05, 0.1) is 0 Å². The predicted molar refractivity (Wildman–Crippen MR) is 90.5 cm³/mol. The Morgan fingerprint density at radius 2 is 1.50 bits per heavy atom. The summed E-state index contributed by atoms with van der Waals surface area (Å²) in [5.41, 5.74) is 3.95. The van der Waals surface area contributed by atoms with Crippen molar-refractivity contribution < 1.29 is 20.7 Å². The minimum absolute atomic E-state index is 0.0278. The van der Waals surface area contributed by atoms with Crippen LogP contribution in [0.3, 0.4) is 0 Å². The Morgan fingerprint density at radius 3 is 2.00 bits per heavy atom. The molecular weight excluding hydrogens is 311 g/mol. The van der Waals surface area contributed by atoms with E-state index in [0.29, 0.717) is 5.75 Å². The molecule has 0 amide bonds. The average Bonchev–Trinajstić information content (AvgIpc) is 2.47. The molecule has 1 nitrogen and oxygen atoms in total. The van der Waals surface area contributed by atoms with Crippen LogP contribution in [0, 0.1) is 0 Å². The Labute approximate surface area is 141 Å². The second-order valence-corrected chi connectivity index (χ2v) is 7.65. The molecule has 0 aliphatic carbocycles. The van der Waals surface area contributed by atoms with E-state index in [2.05, 4.69) is 74.5 Å². The Morgan fingerprint density at radius 1 is 0.909 bits per heavy atom. The number of aromatic hydroxyl groups is 1. The van der Waals surface area contributed by atoms with Gasteiger partial charge in [0.1, 0.15) is 0 Å². The molecule has 0 aliphatic heterocycles. The van der Waals surface area contributed by atoms with Crippen LogP contribution in [0.5, 0.6) is 5.75 Å². The van der Waals surface area contributed by atoms with Crippen LogP contribution < -0.4 is 0 Å². The SMILES string of the molecule is CC(C)(C)c1cc([CH]=[Mn])c(O)c(C(C)(C)c2ccccc2)c1. The summed E-state index contributed by atoms with van der Waals surface area (Å²) in [6.45, 7) is 10.9. The van der Waals surface area contributed by atoms with Crippen LogP contribution in [0.25, 0.3) is 0 Å². The van der Waals surface area contributed by atoms with Gasteiger partial charge < -0.3 is 0 Å². The molecule has 0 spiro atoms. The van der Waals surface area contributed by atoms with Crippen molar-refractivity contribution in [2.24, 2.45) is 0 Å². The first-order chi connectivity index (χ1) is 10.2. The van der Waals surface area contributed by atoms with E-state index in [1.165, 1.54) is 11.1 Å². The molecule has 2 rings (SSSR count). The molecule has 0 unspecified atom stereocenters. The molecule has 1 N–H and O–H groups in total. The van der Waals surface area contributed by atoms with Crippen LogP contribution in [0.1, 0.15) is 56.9 Å². The van der Waals surface area contributed by atoms with Crippen molar-refractivity contribution in [1.29, 1.82) is 0 Å². The van der Waals surface area contributed by atoms with Crippen LogP contribution in [-0.4, -0.2) is 10.0 Å². The second-order valence-electron chi connectivity index (χ2n) is 7.31. The van der Waals surface area contributed by atoms with Crippen LogP contribution in [0.15, 0.2) is 42.5 Å². The Balaban J connectivity index is 2.71. The normalized spacial score (nSPS) is 12.2. The van der Waals surface area contributed by atoms with E-state index in [0.717, 1.165) is 11.1 Å². The molecular formula is C20H24MnO. The third-order valence-corrected chi connectivity index (χ3v) is 4.66. The molecule has 22 heavy (non-hydrogen) atoms. The van der Waals surface area contributed by atoms with Crippen molar-refractivity contribution in [2.75, 3.05) is 0 Å². The van der Waals surface area contributed by atoms with Crippen molar-refractivity contribution in [3.05, 3.63) is 64.7 Å². The molecule has 0 radical (unpaired) electrons. The third kappa shape index (κ3) is 3.19. The molecule has 0 aromatic heterocycles. The zero-order valence-corrected chi connectivity index (χ0v) is 15.1. The summed E-state index contributed by atoms with van der Waals surface area (Å²) < 4.78 is 0. The first-order valence-electron chi connectivity index (χ1n) is 7.55. The van der Waals surface area contributed by atoms with E-state index in [4.69, 9.17) is 0 Å². The molecule has 0 heterocycles. The van der Waals surface area contributed by atoms with Crippen LogP contribution >= 0.6 is 0 Å². The van der Waals surface area contributed by atoms with Gasteiger partial charge in [-0.05, 0) is 0 Å². The molecule has 2 aromatic rings. The van der Waals surface area contributed by atoms with E-state index in [-0.39, 0.29) is 10.8 Å². The number of rotatable bonds is 3. The fourth-order valence-corrected chi connectivity index (χ4v) is 2.92. The number of phenols is 1. The van der Waals surface area contributed by atoms with Gasteiger partial charge in [-0.1, -0.05) is 0 Å². The van der Waals surface area contributed by atoms with Crippen LogP contribution in [0.2, 0.25) is 0 Å². The maximum atomic E-state index is 10.7. The van der Waals surface area contributed by atoms with E-state index in [9.17, 15) is 5.11 Å². The summed E-state index contributed by atoms with van der Waals surface area (Å²) in [6.07, 6.45) is 0. The fraction of sp³-hybridized carbons (Fsp3) is 0.350. The van der Waals surface area contributed by atoms with Crippen molar-refractivity contribution in [3.8, 4) is 5.75 Å². The number of hydrogen-bond acceptors (Lipinski definition) is 1. The number of phenolic OH excluding ortho intramolecular Hbond substituents is 1. The van der Waals surface area contributed by atoms with Crippen molar-refractivity contribution in [3.63, 3.8) is 0 Å². The van der Waals surface area contributed by atoms with Gasteiger partial charge in [-0.2, -0.15) is 0 Å². The van der Waals surface area contributed by atoms with Gasteiger partial charge >= 0.3 is 142 Å². The Hall–Kier alpha value is -1.37. The molecule has 0 saturated carbocycles. The van der Waals surface area contributed by atoms with Gasteiger partial charge in [-0.15, -0.1) is 0 Å². The van der Waals surface area contributed by atoms with Crippen molar-refractivity contribution in [2.45, 2.75) is 45.4 Å². The maximum absolute atomic E-state index is 10.7. The summed E-state index contributed by atoms with van der Waals surface area (Å²) >= 11 is 3.38. The van der Waals surface area contributed by atoms with E-state index in [1.807, 2.05) is 18.2 Å². The summed E-state index contributed by atoms with van der Waals surface area (Å²) in [5.74, 6) is 0.346. The second kappa shape index (κ2) is 6.02. The van der Waals surface area contributed by atoms with Gasteiger partial charge in [0.2, 0.25) is 0 Å². The molecule has 2 heteroatoms. The Bertz CT molecular complexity index is 679. The van der Waals surface area contributed by atoms with Crippen molar-refractivity contribution >= 4 is 4.92 Å². The molecule has 0 atom stereocenters. The van der Waals surface area contributed by atoms with E-state index >= 15 is 0 Å². The number of benzene rings is 2. The predicted octanol–water partition coefficient (Wildman–Crippen LogP) is 4.71. The molecule has 0 fully saturated rings. The van der Waals surface area contributed by atoms with Crippen LogP contribution in [0.4, 0.5) is 0 Å². The fourth-order valence-electron chi connectivity index (χ4n) is 2.66. The third-order valence-electron chi connectivity index (χ3n) is 4.29. The summed E-state index contributed by atoms with van der Waals surface area (Å²) in [4.78, 5) is 1.79. The summed E-state index contributed by atoms with van der Waals surface area (Å²) in [7, 11) is 0. The first kappa shape index (κ1) is 17.0. The van der Waals surface area contributed by atoms with E-state index in [1.54, 1.807) is 4.92 Å². The zero-order valence-electron chi connectivity index (χ0n) is 13.9. The van der Waals surface area contributed by atoms with Gasteiger partial charge in [0.15, 0.2) is 0 Å². The summed E-state index contributed by atoms with van der Waals surface area (Å²) in [6, 6.07) is 14.5. The molecule has 117 valence electrons. The van der Waals surface area contributed by atoms with Gasteiger partial charge in [0.25, 0.3) is 0 Å². The van der Waals surface area contributed by atoms with Crippen molar-refractivity contribution in [1.82, 2.24) is 0 Å². The van der Waals surface area contributed by atoms with E-state index < -0.39 is 0 Å². The standard InChI is InChI=1S/C20H24O.Mn/c1-14-12-16(19(2,3)4)13-17(18(14)21)20(5,6)15-10-8-7-9-11-15;/h1,7-13,21H,2-6H3;. The number of hydrogen-bond donors (Lipinski definition) is 1.